The van der Waals surface area contributed by atoms with E-state index in [0.717, 1.165) is 32.8 Å². The number of morpholine rings is 1. The summed E-state index contributed by atoms with van der Waals surface area (Å²) < 4.78 is 5.25. The molecule has 1 heterocycles. The van der Waals surface area contributed by atoms with Crippen LogP contribution in [-0.2, 0) is 9.53 Å². The molecule has 0 unspecified atom stereocenters. The smallest absolute Gasteiger partial charge is 0.190 e. The second kappa shape index (κ2) is 6.59. The van der Waals surface area contributed by atoms with Gasteiger partial charge in [0, 0.05) is 37.3 Å². The van der Waals surface area contributed by atoms with Gasteiger partial charge >= 0.3 is 0 Å². The van der Waals surface area contributed by atoms with E-state index in [2.05, 4.69) is 4.90 Å². The quantitative estimate of drug-likeness (QED) is 0.774. The van der Waals surface area contributed by atoms with Crippen LogP contribution in [0, 0.1) is 0 Å². The molecule has 1 aliphatic rings. The summed E-state index contributed by atoms with van der Waals surface area (Å²) in [5, 5.41) is 0.241. The second-order valence-corrected chi connectivity index (χ2v) is 5.89. The van der Waals surface area contributed by atoms with Crippen molar-refractivity contribution in [3.05, 3.63) is 0 Å². The fourth-order valence-electron chi connectivity index (χ4n) is 1.41. The minimum atomic E-state index is -0.265. The van der Waals surface area contributed by atoms with Gasteiger partial charge in [-0.2, -0.15) is 0 Å². The van der Waals surface area contributed by atoms with Gasteiger partial charge in [-0.1, -0.05) is 11.8 Å². The topological polar surface area (TPSA) is 55.6 Å². The first-order chi connectivity index (χ1) is 7.47. The average molecular weight is 246 g/mol. The normalized spacial score (nSPS) is 18.7. The highest BCUT2D eigenvalue weighted by molar-refractivity contribution is 8.13. The molecule has 0 aliphatic carbocycles. The molecule has 0 radical (unpaired) electrons. The zero-order valence-electron chi connectivity index (χ0n) is 10.2. The number of ether oxygens (including phenoxy) is 1. The lowest BCUT2D eigenvalue weighted by Crippen LogP contribution is -2.38. The van der Waals surface area contributed by atoms with Gasteiger partial charge in [-0.15, -0.1) is 0 Å². The van der Waals surface area contributed by atoms with E-state index < -0.39 is 0 Å². The first kappa shape index (κ1) is 14.0. The average Bonchev–Trinajstić information content (AvgIpc) is 2.24. The first-order valence-corrected chi connectivity index (χ1v) is 6.70. The van der Waals surface area contributed by atoms with Crippen LogP contribution in [0.1, 0.15) is 20.3 Å². The number of carbonyl (C=O) groups is 1. The Hall–Kier alpha value is -0.100. The Morgan fingerprint density at radius 1 is 1.44 bits per heavy atom. The molecule has 0 aromatic carbocycles. The van der Waals surface area contributed by atoms with Crippen LogP contribution >= 0.6 is 11.8 Å². The van der Waals surface area contributed by atoms with E-state index in [9.17, 15) is 4.79 Å². The predicted octanol–water partition coefficient (Wildman–Crippen LogP) is 0.706. The van der Waals surface area contributed by atoms with Crippen molar-refractivity contribution in [2.75, 3.05) is 38.6 Å². The third-order valence-corrected chi connectivity index (χ3v) is 3.76. The van der Waals surface area contributed by atoms with E-state index in [-0.39, 0.29) is 10.7 Å². The molecule has 0 spiro atoms. The van der Waals surface area contributed by atoms with Crippen LogP contribution in [0.25, 0.3) is 0 Å². The van der Waals surface area contributed by atoms with Crippen LogP contribution in [0.4, 0.5) is 0 Å². The highest BCUT2D eigenvalue weighted by Crippen LogP contribution is 2.13. The maximum absolute atomic E-state index is 11.6. The monoisotopic (exact) mass is 246 g/mol. The maximum Gasteiger partial charge on any atom is 0.190 e. The molecule has 1 fully saturated rings. The van der Waals surface area contributed by atoms with Gasteiger partial charge in [-0.3, -0.25) is 9.69 Å². The molecule has 0 aromatic rings. The van der Waals surface area contributed by atoms with Gasteiger partial charge in [0.15, 0.2) is 5.12 Å². The zero-order valence-corrected chi connectivity index (χ0v) is 11.0. The summed E-state index contributed by atoms with van der Waals surface area (Å²) in [5.74, 6) is 0.689. The number of thioether (sulfide) groups is 1. The molecule has 0 atom stereocenters. The van der Waals surface area contributed by atoms with Crippen molar-refractivity contribution in [2.45, 2.75) is 25.8 Å². The second-order valence-electron chi connectivity index (χ2n) is 4.85. The van der Waals surface area contributed by atoms with Gasteiger partial charge in [0.2, 0.25) is 0 Å². The standard InChI is InChI=1S/C11H22N2O2S/c1-11(2,12)9-16-10(14)3-4-13-5-7-15-8-6-13/h3-9,12H2,1-2H3. The van der Waals surface area contributed by atoms with Crippen molar-refractivity contribution in [3.8, 4) is 0 Å². The Morgan fingerprint density at radius 2 is 2.06 bits per heavy atom. The summed E-state index contributed by atoms with van der Waals surface area (Å²) in [6.07, 6.45) is 0.612. The lowest BCUT2D eigenvalue weighted by atomic mass is 10.1. The van der Waals surface area contributed by atoms with E-state index in [4.69, 9.17) is 10.5 Å². The number of hydrogen-bond acceptors (Lipinski definition) is 5. The fraction of sp³-hybridized carbons (Fsp3) is 0.909. The third kappa shape index (κ3) is 6.48. The summed E-state index contributed by atoms with van der Waals surface area (Å²) >= 11 is 1.35. The SMILES string of the molecule is CC(C)(N)CSC(=O)CCN1CCOCC1. The Kier molecular flexibility index (Phi) is 5.75. The number of nitrogens with zero attached hydrogens (tertiary/aromatic N) is 1. The summed E-state index contributed by atoms with van der Waals surface area (Å²) in [6.45, 7) is 8.19. The molecular formula is C11H22N2O2S. The Bertz CT molecular complexity index is 223. The van der Waals surface area contributed by atoms with Crippen molar-refractivity contribution in [1.82, 2.24) is 4.90 Å². The van der Waals surface area contributed by atoms with E-state index in [1.807, 2.05) is 13.8 Å². The van der Waals surface area contributed by atoms with E-state index in [1.54, 1.807) is 0 Å². The van der Waals surface area contributed by atoms with Gasteiger partial charge in [-0.25, -0.2) is 0 Å². The number of carbonyl (C=O) groups excluding carboxylic acids is 1. The Labute approximate surface area is 102 Å². The Morgan fingerprint density at radius 3 is 2.62 bits per heavy atom. The van der Waals surface area contributed by atoms with E-state index >= 15 is 0 Å². The van der Waals surface area contributed by atoms with Gasteiger partial charge in [0.25, 0.3) is 0 Å². The van der Waals surface area contributed by atoms with Crippen LogP contribution in [0.15, 0.2) is 0 Å². The van der Waals surface area contributed by atoms with E-state index in [0.29, 0.717) is 12.2 Å². The van der Waals surface area contributed by atoms with Crippen LogP contribution in [-0.4, -0.2) is 54.2 Å². The minimum Gasteiger partial charge on any atom is -0.379 e. The van der Waals surface area contributed by atoms with Gasteiger partial charge in [0.1, 0.15) is 0 Å². The highest BCUT2D eigenvalue weighted by Gasteiger charge is 2.15. The van der Waals surface area contributed by atoms with Gasteiger partial charge in [0.05, 0.1) is 13.2 Å². The first-order valence-electron chi connectivity index (χ1n) is 5.72. The summed E-state index contributed by atoms with van der Waals surface area (Å²) in [4.78, 5) is 13.9. The maximum atomic E-state index is 11.6. The van der Waals surface area contributed by atoms with E-state index in [1.165, 1.54) is 11.8 Å². The largest absolute Gasteiger partial charge is 0.379 e. The number of rotatable bonds is 5. The van der Waals surface area contributed by atoms with Crippen LogP contribution < -0.4 is 5.73 Å². The minimum absolute atomic E-state index is 0.241. The van der Waals surface area contributed by atoms with Crippen molar-refractivity contribution < 1.29 is 9.53 Å². The lowest BCUT2D eigenvalue weighted by Gasteiger charge is -2.26. The molecule has 16 heavy (non-hydrogen) atoms. The molecular weight excluding hydrogens is 224 g/mol. The van der Waals surface area contributed by atoms with Crippen molar-refractivity contribution in [3.63, 3.8) is 0 Å². The molecule has 1 saturated heterocycles. The third-order valence-electron chi connectivity index (χ3n) is 2.34. The van der Waals surface area contributed by atoms with Crippen LogP contribution in [0.3, 0.4) is 0 Å². The molecule has 4 nitrogen and oxygen atoms in total. The van der Waals surface area contributed by atoms with Crippen molar-refractivity contribution in [1.29, 1.82) is 0 Å². The molecule has 2 N–H and O–H groups in total. The molecule has 5 heteroatoms. The molecule has 1 aliphatic heterocycles. The van der Waals surface area contributed by atoms with Gasteiger partial charge in [-0.05, 0) is 13.8 Å². The lowest BCUT2D eigenvalue weighted by molar-refractivity contribution is -0.111. The molecule has 94 valence electrons. The van der Waals surface area contributed by atoms with Crippen LogP contribution in [0.2, 0.25) is 0 Å². The summed E-state index contributed by atoms with van der Waals surface area (Å²) in [6, 6.07) is 0. The van der Waals surface area contributed by atoms with Crippen LogP contribution in [0.5, 0.6) is 0 Å². The zero-order chi connectivity index (χ0) is 12.0. The Balaban J connectivity index is 2.09. The molecule has 0 saturated carbocycles. The number of nitrogens with two attached hydrogens (primary N) is 1. The van der Waals surface area contributed by atoms with Crippen molar-refractivity contribution in [2.24, 2.45) is 5.73 Å². The molecule has 0 bridgehead atoms. The summed E-state index contributed by atoms with van der Waals surface area (Å²) in [7, 11) is 0. The molecule has 0 amide bonds. The fourth-order valence-corrected chi connectivity index (χ4v) is 2.18. The predicted molar refractivity (Wildman–Crippen MR) is 67.6 cm³/mol. The summed E-state index contributed by atoms with van der Waals surface area (Å²) in [5.41, 5.74) is 5.56. The number of hydrogen-bond donors (Lipinski definition) is 1. The van der Waals surface area contributed by atoms with Gasteiger partial charge < -0.3 is 10.5 Å². The molecule has 0 aromatic heterocycles. The highest BCUT2D eigenvalue weighted by atomic mass is 32.2. The van der Waals surface area contributed by atoms with Crippen molar-refractivity contribution >= 4 is 16.9 Å². The molecule has 1 rings (SSSR count).